The van der Waals surface area contributed by atoms with Gasteiger partial charge in [-0.25, -0.2) is 0 Å². The molecule has 238 valence electrons. The van der Waals surface area contributed by atoms with E-state index in [1.807, 2.05) is 0 Å². The van der Waals surface area contributed by atoms with Crippen LogP contribution in [0.1, 0.15) is 57.6 Å². The highest BCUT2D eigenvalue weighted by Gasteiger charge is 2.31. The molecule has 0 aliphatic heterocycles. The second kappa shape index (κ2) is 18.5. The average molecular weight is 603 g/mol. The third-order valence-corrected chi connectivity index (χ3v) is 6.20. The summed E-state index contributed by atoms with van der Waals surface area (Å²) in [4.78, 5) is 59.2. The number of nitrogen functional groups attached to an aromatic ring is 1. The Morgan fingerprint density at radius 1 is 0.767 bits per heavy atom. The summed E-state index contributed by atoms with van der Waals surface area (Å²) in [6.45, 7) is 5.45. The summed E-state index contributed by atoms with van der Waals surface area (Å²) in [6.07, 6.45) is 1.25. The fourth-order valence-electron chi connectivity index (χ4n) is 3.95. The minimum absolute atomic E-state index is 0.0692. The second-order valence-electron chi connectivity index (χ2n) is 10.3. The van der Waals surface area contributed by atoms with Crippen LogP contribution in [0.3, 0.4) is 0 Å². The minimum Gasteiger partial charge on any atom is -0.384 e. The van der Waals surface area contributed by atoms with E-state index in [9.17, 15) is 19.2 Å². The van der Waals surface area contributed by atoms with Gasteiger partial charge in [-0.15, -0.1) is 0 Å². The van der Waals surface area contributed by atoms with Crippen molar-refractivity contribution in [2.24, 2.45) is 44.6 Å². The number of nitrogens with zero attached hydrogens (tertiary/aromatic N) is 2. The van der Waals surface area contributed by atoms with E-state index < -0.39 is 41.8 Å². The van der Waals surface area contributed by atoms with Gasteiger partial charge in [-0.3, -0.25) is 34.6 Å². The highest BCUT2D eigenvalue weighted by Crippen LogP contribution is 2.09. The summed E-state index contributed by atoms with van der Waals surface area (Å²) < 4.78 is 0. The second-order valence-corrected chi connectivity index (χ2v) is 10.3. The van der Waals surface area contributed by atoms with Gasteiger partial charge in [0.15, 0.2) is 11.9 Å². The van der Waals surface area contributed by atoms with Crippen LogP contribution in [0, 0.1) is 11.3 Å². The molecule has 1 rings (SSSR count). The number of nitrogens with one attached hydrogen (secondary N) is 5. The van der Waals surface area contributed by atoms with Crippen LogP contribution in [0.5, 0.6) is 0 Å². The first kappa shape index (κ1) is 36.1. The molecule has 0 aliphatic rings. The van der Waals surface area contributed by atoms with Crippen molar-refractivity contribution in [3.63, 3.8) is 0 Å². The van der Waals surface area contributed by atoms with E-state index in [4.69, 9.17) is 34.1 Å². The van der Waals surface area contributed by atoms with Gasteiger partial charge in [0.2, 0.25) is 23.6 Å². The molecule has 0 unspecified atom stereocenters. The molecule has 0 radical (unpaired) electrons. The van der Waals surface area contributed by atoms with Crippen LogP contribution in [-0.4, -0.2) is 72.6 Å². The number of rotatable bonds is 18. The summed E-state index contributed by atoms with van der Waals surface area (Å²) >= 11 is 0. The van der Waals surface area contributed by atoms with Crippen molar-refractivity contribution in [1.82, 2.24) is 21.3 Å². The van der Waals surface area contributed by atoms with Crippen molar-refractivity contribution < 1.29 is 19.2 Å². The van der Waals surface area contributed by atoms with E-state index in [2.05, 4.69) is 31.3 Å². The Labute approximate surface area is 251 Å². The maximum atomic E-state index is 13.4. The van der Waals surface area contributed by atoms with Crippen LogP contribution >= 0.6 is 0 Å². The summed E-state index contributed by atoms with van der Waals surface area (Å²) in [6, 6.07) is 3.92. The lowest BCUT2D eigenvalue weighted by Crippen LogP contribution is -2.58. The SMILES string of the molecule is CC(=O)N[C@@H](CCCN=C(N)N)C(=O)N[C@H](C(=O)N[C@@H](CCCN=C(N)N)C(=O)NCc1ccc(C(=N)N)cc1)C(C)C. The Bertz CT molecular complexity index is 1160. The molecule has 15 N–H and O–H groups in total. The molecule has 0 saturated carbocycles. The number of guanidine groups is 2. The topological polar surface area (TPSA) is 295 Å². The standard InChI is InChI=1S/C27H46N12O4/c1-15(2)21(39-24(42)20(37-16(3)40)7-5-13-35-27(32)33)25(43)38-19(6-4-12-34-26(30)31)23(41)36-14-17-8-10-18(11-9-17)22(28)29/h8-11,15,19-21H,4-7,12-14H2,1-3H3,(H3,28,29)(H,36,41)(H,37,40)(H,38,43)(H,39,42)(H4,30,31,34)(H4,32,33,35)/t19-,20-,21-/m0/s1. The number of hydrogen-bond donors (Lipinski definition) is 10. The Balaban J connectivity index is 3.00. The van der Waals surface area contributed by atoms with Crippen molar-refractivity contribution >= 4 is 41.4 Å². The van der Waals surface area contributed by atoms with Gasteiger partial charge in [-0.05, 0) is 37.2 Å². The first-order chi connectivity index (χ1) is 20.2. The van der Waals surface area contributed by atoms with Crippen LogP contribution in [0.25, 0.3) is 0 Å². The molecule has 0 fully saturated rings. The molecule has 16 heteroatoms. The van der Waals surface area contributed by atoms with E-state index in [0.29, 0.717) is 18.4 Å². The normalized spacial score (nSPS) is 12.7. The van der Waals surface area contributed by atoms with Crippen LogP contribution in [0.4, 0.5) is 0 Å². The van der Waals surface area contributed by atoms with Gasteiger partial charge < -0.3 is 49.9 Å². The molecule has 0 aromatic heterocycles. The first-order valence-electron chi connectivity index (χ1n) is 13.9. The minimum atomic E-state index is -1.01. The summed E-state index contributed by atoms with van der Waals surface area (Å²) in [5, 5.41) is 18.3. The smallest absolute Gasteiger partial charge is 0.243 e. The molecule has 4 amide bonds. The predicted molar refractivity (Wildman–Crippen MR) is 165 cm³/mol. The lowest BCUT2D eigenvalue weighted by Gasteiger charge is -2.27. The van der Waals surface area contributed by atoms with Gasteiger partial charge in [0.05, 0.1) is 0 Å². The van der Waals surface area contributed by atoms with E-state index in [1.54, 1.807) is 38.1 Å². The number of amidine groups is 1. The van der Waals surface area contributed by atoms with E-state index in [1.165, 1.54) is 6.92 Å². The summed E-state index contributed by atoms with van der Waals surface area (Å²) in [7, 11) is 0. The fraction of sp³-hybridized carbons (Fsp3) is 0.519. The fourth-order valence-corrected chi connectivity index (χ4v) is 3.95. The number of carbonyl (C=O) groups is 4. The van der Waals surface area contributed by atoms with Gasteiger partial charge in [0.25, 0.3) is 0 Å². The average Bonchev–Trinajstić information content (AvgIpc) is 2.92. The molecule has 0 spiro atoms. The zero-order chi connectivity index (χ0) is 32.5. The van der Waals surface area contributed by atoms with Crippen LogP contribution in [-0.2, 0) is 25.7 Å². The number of carbonyl (C=O) groups excluding carboxylic acids is 4. The van der Waals surface area contributed by atoms with Gasteiger partial charge in [-0.2, -0.15) is 0 Å². The maximum Gasteiger partial charge on any atom is 0.243 e. The zero-order valence-electron chi connectivity index (χ0n) is 25.0. The Morgan fingerprint density at radius 3 is 1.72 bits per heavy atom. The zero-order valence-corrected chi connectivity index (χ0v) is 25.0. The van der Waals surface area contributed by atoms with Crippen LogP contribution in [0.15, 0.2) is 34.3 Å². The van der Waals surface area contributed by atoms with E-state index in [-0.39, 0.29) is 56.1 Å². The Hall–Kier alpha value is -4.89. The number of benzene rings is 1. The maximum absolute atomic E-state index is 13.4. The first-order valence-corrected chi connectivity index (χ1v) is 13.9. The highest BCUT2D eigenvalue weighted by molar-refractivity contribution is 5.95. The third-order valence-electron chi connectivity index (χ3n) is 6.20. The number of aliphatic imine (C=N–C) groups is 2. The van der Waals surface area contributed by atoms with Gasteiger partial charge in [0.1, 0.15) is 24.0 Å². The number of hydrogen-bond acceptors (Lipinski definition) is 7. The van der Waals surface area contributed by atoms with Crippen molar-refractivity contribution in [3.05, 3.63) is 35.4 Å². The molecule has 0 saturated heterocycles. The number of nitrogens with two attached hydrogens (primary N) is 5. The van der Waals surface area contributed by atoms with Crippen molar-refractivity contribution in [2.75, 3.05) is 13.1 Å². The third kappa shape index (κ3) is 14.5. The van der Waals surface area contributed by atoms with Gasteiger partial charge in [0, 0.05) is 32.1 Å². The summed E-state index contributed by atoms with van der Waals surface area (Å²) in [5.41, 5.74) is 28.3. The molecule has 3 atom stereocenters. The van der Waals surface area contributed by atoms with Gasteiger partial charge in [-0.1, -0.05) is 38.1 Å². The van der Waals surface area contributed by atoms with Crippen molar-refractivity contribution in [3.8, 4) is 0 Å². The molecule has 1 aromatic rings. The summed E-state index contributed by atoms with van der Waals surface area (Å²) in [5.74, 6) is -2.59. The molecule has 16 nitrogen and oxygen atoms in total. The molecule has 0 aliphatic carbocycles. The lowest BCUT2D eigenvalue weighted by molar-refractivity contribution is -0.134. The van der Waals surface area contributed by atoms with Crippen LogP contribution < -0.4 is 49.9 Å². The van der Waals surface area contributed by atoms with Crippen molar-refractivity contribution in [2.45, 2.75) is 71.1 Å². The van der Waals surface area contributed by atoms with E-state index in [0.717, 1.165) is 5.56 Å². The largest absolute Gasteiger partial charge is 0.384 e. The van der Waals surface area contributed by atoms with Crippen molar-refractivity contribution in [1.29, 1.82) is 5.41 Å². The Kier molecular flexibility index (Phi) is 15.6. The molecule has 43 heavy (non-hydrogen) atoms. The molecule has 1 aromatic carbocycles. The molecular formula is C27H46N12O4. The Morgan fingerprint density at radius 2 is 1.28 bits per heavy atom. The molecular weight excluding hydrogens is 556 g/mol. The van der Waals surface area contributed by atoms with Crippen LogP contribution in [0.2, 0.25) is 0 Å². The quantitative estimate of drug-likeness (QED) is 0.0495. The monoisotopic (exact) mass is 602 g/mol. The predicted octanol–water partition coefficient (Wildman–Crippen LogP) is -2.18. The number of amides is 4. The molecule has 0 bridgehead atoms. The van der Waals surface area contributed by atoms with Gasteiger partial charge >= 0.3 is 0 Å². The van der Waals surface area contributed by atoms with E-state index >= 15 is 0 Å². The lowest BCUT2D eigenvalue weighted by atomic mass is 10.0. The highest BCUT2D eigenvalue weighted by atomic mass is 16.2. The molecule has 0 heterocycles.